The first kappa shape index (κ1) is 14.6. The van der Waals surface area contributed by atoms with Crippen LogP contribution in [0.3, 0.4) is 0 Å². The van der Waals surface area contributed by atoms with E-state index in [0.717, 1.165) is 0 Å². The number of nitro benzene ring substituents is 1. The molecule has 4 N–H and O–H groups in total. The highest BCUT2D eigenvalue weighted by Gasteiger charge is 2.10. The predicted octanol–water partition coefficient (Wildman–Crippen LogP) is 1.07. The van der Waals surface area contributed by atoms with E-state index in [0.29, 0.717) is 31.1 Å². The van der Waals surface area contributed by atoms with Gasteiger partial charge >= 0.3 is 6.03 Å². The van der Waals surface area contributed by atoms with Crippen molar-refractivity contribution in [3.63, 3.8) is 0 Å². The summed E-state index contributed by atoms with van der Waals surface area (Å²) in [4.78, 5) is 20.8. The van der Waals surface area contributed by atoms with Gasteiger partial charge in [0.1, 0.15) is 5.75 Å². The lowest BCUT2D eigenvalue weighted by Crippen LogP contribution is -2.33. The maximum atomic E-state index is 10.8. The number of amides is 2. The van der Waals surface area contributed by atoms with Gasteiger partial charge in [-0.25, -0.2) is 4.79 Å². The summed E-state index contributed by atoms with van der Waals surface area (Å²) < 4.78 is 5.25. The van der Waals surface area contributed by atoms with Gasteiger partial charge in [-0.1, -0.05) is 0 Å². The summed E-state index contributed by atoms with van der Waals surface area (Å²) in [5, 5.41) is 16.1. The first-order valence-corrected chi connectivity index (χ1v) is 5.72. The zero-order valence-corrected chi connectivity index (χ0v) is 10.5. The lowest BCUT2D eigenvalue weighted by atomic mass is 10.2. The van der Waals surface area contributed by atoms with Gasteiger partial charge in [0.15, 0.2) is 0 Å². The molecule has 0 aliphatic heterocycles. The number of carbonyl (C=O) groups excluding carboxylic acids is 1. The Morgan fingerprint density at radius 2 is 2.16 bits per heavy atom. The van der Waals surface area contributed by atoms with Gasteiger partial charge in [0, 0.05) is 30.9 Å². The number of hydrogen-bond acceptors (Lipinski definition) is 5. The molecule has 0 saturated heterocycles. The van der Waals surface area contributed by atoms with E-state index in [1.54, 1.807) is 13.0 Å². The standard InChI is InChI=1S/C11H16N4O4/c1-2-19-10-6-8(5-9(7-10)15(17)18)13-3-4-14-11(12)16/h5-7,13H,2-4H2,1H3,(H3,12,14,16). The van der Waals surface area contributed by atoms with Crippen molar-refractivity contribution in [1.82, 2.24) is 5.32 Å². The van der Waals surface area contributed by atoms with Gasteiger partial charge in [0.25, 0.3) is 5.69 Å². The molecule has 0 spiro atoms. The first-order valence-electron chi connectivity index (χ1n) is 5.72. The number of primary amides is 1. The van der Waals surface area contributed by atoms with Crippen molar-refractivity contribution in [1.29, 1.82) is 0 Å². The monoisotopic (exact) mass is 268 g/mol. The zero-order valence-electron chi connectivity index (χ0n) is 10.5. The van der Waals surface area contributed by atoms with E-state index in [-0.39, 0.29) is 5.69 Å². The Bertz CT molecular complexity index is 464. The second kappa shape index (κ2) is 7.04. The lowest BCUT2D eigenvalue weighted by molar-refractivity contribution is -0.384. The quantitative estimate of drug-likeness (QED) is 0.388. The van der Waals surface area contributed by atoms with Crippen LogP contribution in [-0.4, -0.2) is 30.7 Å². The minimum Gasteiger partial charge on any atom is -0.494 e. The molecule has 0 aliphatic rings. The number of non-ortho nitro benzene ring substituents is 1. The van der Waals surface area contributed by atoms with Gasteiger partial charge in [0.05, 0.1) is 17.6 Å². The molecule has 8 heteroatoms. The second-order valence-electron chi connectivity index (χ2n) is 3.62. The summed E-state index contributed by atoms with van der Waals surface area (Å²) in [6, 6.07) is 3.79. The first-order chi connectivity index (χ1) is 9.02. The highest BCUT2D eigenvalue weighted by molar-refractivity contribution is 5.71. The third kappa shape index (κ3) is 5.11. The maximum absolute atomic E-state index is 10.8. The van der Waals surface area contributed by atoms with E-state index in [9.17, 15) is 14.9 Å². The molecule has 0 heterocycles. The number of ether oxygens (including phenoxy) is 1. The number of nitrogens with two attached hydrogens (primary N) is 1. The molecule has 0 saturated carbocycles. The zero-order chi connectivity index (χ0) is 14.3. The number of nitrogens with zero attached hydrogens (tertiary/aromatic N) is 1. The molecule has 19 heavy (non-hydrogen) atoms. The molecule has 0 unspecified atom stereocenters. The van der Waals surface area contributed by atoms with E-state index < -0.39 is 11.0 Å². The average molecular weight is 268 g/mol. The number of benzene rings is 1. The third-order valence-electron chi connectivity index (χ3n) is 2.17. The smallest absolute Gasteiger partial charge is 0.312 e. The van der Waals surface area contributed by atoms with E-state index in [1.807, 2.05) is 0 Å². The van der Waals surface area contributed by atoms with Crippen LogP contribution in [0, 0.1) is 10.1 Å². The second-order valence-corrected chi connectivity index (χ2v) is 3.62. The third-order valence-corrected chi connectivity index (χ3v) is 2.17. The highest BCUT2D eigenvalue weighted by Crippen LogP contribution is 2.25. The van der Waals surface area contributed by atoms with E-state index in [4.69, 9.17) is 10.5 Å². The minimum atomic E-state index is -0.615. The molecule has 1 aromatic rings. The van der Waals surface area contributed by atoms with Crippen LogP contribution in [-0.2, 0) is 0 Å². The Kier molecular flexibility index (Phi) is 5.39. The van der Waals surface area contributed by atoms with E-state index in [1.165, 1.54) is 12.1 Å². The summed E-state index contributed by atoms with van der Waals surface area (Å²) in [7, 11) is 0. The fourth-order valence-corrected chi connectivity index (χ4v) is 1.43. The van der Waals surface area contributed by atoms with Crippen LogP contribution in [0.25, 0.3) is 0 Å². The molecule has 0 atom stereocenters. The molecule has 1 rings (SSSR count). The SMILES string of the molecule is CCOc1cc(NCCNC(N)=O)cc([N+](=O)[O-])c1. The van der Waals surface area contributed by atoms with Crippen LogP contribution in [0.4, 0.5) is 16.2 Å². The average Bonchev–Trinajstić information content (AvgIpc) is 2.34. The minimum absolute atomic E-state index is 0.0590. The normalized spacial score (nSPS) is 9.74. The summed E-state index contributed by atoms with van der Waals surface area (Å²) in [6.45, 7) is 2.93. The highest BCUT2D eigenvalue weighted by atomic mass is 16.6. The number of hydrogen-bond donors (Lipinski definition) is 3. The molecule has 0 aromatic heterocycles. The Labute approximate surface area is 110 Å². The molecular formula is C11H16N4O4. The van der Waals surface area contributed by atoms with Crippen molar-refractivity contribution in [3.05, 3.63) is 28.3 Å². The number of anilines is 1. The van der Waals surface area contributed by atoms with Gasteiger partial charge < -0.3 is 21.1 Å². The fraction of sp³-hybridized carbons (Fsp3) is 0.364. The summed E-state index contributed by atoms with van der Waals surface area (Å²) >= 11 is 0. The molecule has 0 radical (unpaired) electrons. The van der Waals surface area contributed by atoms with Crippen molar-refractivity contribution in [3.8, 4) is 5.75 Å². The largest absolute Gasteiger partial charge is 0.494 e. The van der Waals surface area contributed by atoms with Crippen molar-refractivity contribution in [2.24, 2.45) is 5.73 Å². The molecular weight excluding hydrogens is 252 g/mol. The van der Waals surface area contributed by atoms with Gasteiger partial charge in [-0.3, -0.25) is 10.1 Å². The van der Waals surface area contributed by atoms with Crippen molar-refractivity contribution in [2.45, 2.75) is 6.92 Å². The van der Waals surface area contributed by atoms with Gasteiger partial charge in [-0.2, -0.15) is 0 Å². The lowest BCUT2D eigenvalue weighted by Gasteiger charge is -2.09. The van der Waals surface area contributed by atoms with Gasteiger partial charge in [-0.05, 0) is 6.92 Å². The number of nitrogens with one attached hydrogen (secondary N) is 2. The molecule has 0 fully saturated rings. The van der Waals surface area contributed by atoms with E-state index in [2.05, 4.69) is 10.6 Å². The summed E-state index contributed by atoms with van der Waals surface area (Å²) in [5.74, 6) is 0.419. The topological polar surface area (TPSA) is 120 Å². The van der Waals surface area contributed by atoms with Crippen LogP contribution in [0.1, 0.15) is 6.92 Å². The van der Waals surface area contributed by atoms with Crippen molar-refractivity contribution in [2.75, 3.05) is 25.0 Å². The van der Waals surface area contributed by atoms with Crippen LogP contribution in [0.2, 0.25) is 0 Å². The fourth-order valence-electron chi connectivity index (χ4n) is 1.43. The number of rotatable bonds is 7. The number of nitro groups is 1. The molecule has 104 valence electrons. The summed E-state index contributed by atoms with van der Waals surface area (Å²) in [5.41, 5.74) is 5.40. The molecule has 8 nitrogen and oxygen atoms in total. The molecule has 0 bridgehead atoms. The van der Waals surface area contributed by atoms with Crippen LogP contribution in [0.5, 0.6) is 5.75 Å². The Morgan fingerprint density at radius 3 is 2.74 bits per heavy atom. The van der Waals surface area contributed by atoms with Crippen LogP contribution >= 0.6 is 0 Å². The van der Waals surface area contributed by atoms with Crippen LogP contribution in [0.15, 0.2) is 18.2 Å². The van der Waals surface area contributed by atoms with E-state index >= 15 is 0 Å². The molecule has 1 aromatic carbocycles. The Morgan fingerprint density at radius 1 is 1.42 bits per heavy atom. The van der Waals surface area contributed by atoms with Gasteiger partial charge in [-0.15, -0.1) is 0 Å². The van der Waals surface area contributed by atoms with Crippen LogP contribution < -0.4 is 21.1 Å². The summed E-state index contributed by atoms with van der Waals surface area (Å²) in [6.07, 6.45) is 0. The molecule has 0 aliphatic carbocycles. The number of carbonyl (C=O) groups is 1. The van der Waals surface area contributed by atoms with Gasteiger partial charge in [0.2, 0.25) is 0 Å². The van der Waals surface area contributed by atoms with Crippen molar-refractivity contribution >= 4 is 17.4 Å². The molecule has 2 amide bonds. The van der Waals surface area contributed by atoms with Crippen molar-refractivity contribution < 1.29 is 14.5 Å². The predicted molar refractivity (Wildman–Crippen MR) is 70.3 cm³/mol. The maximum Gasteiger partial charge on any atom is 0.312 e. The Hall–Kier alpha value is -2.51. The number of urea groups is 1. The Balaban J connectivity index is 2.70.